The van der Waals surface area contributed by atoms with E-state index >= 15 is 0 Å². The van der Waals surface area contributed by atoms with Crippen LogP contribution in [0.2, 0.25) is 0 Å². The predicted molar refractivity (Wildman–Crippen MR) is 55.3 cm³/mol. The number of likely N-dealkylation sites (N-methyl/N-ethyl adjacent to an activating group) is 1. The molecule has 1 atom stereocenters. The number of hydrogen-bond donors (Lipinski definition) is 1. The van der Waals surface area contributed by atoms with Crippen molar-refractivity contribution in [2.75, 3.05) is 27.2 Å². The number of ether oxygens (including phenoxy) is 1. The van der Waals surface area contributed by atoms with Gasteiger partial charge in [-0.05, 0) is 19.4 Å². The predicted octanol–water partition coefficient (Wildman–Crippen LogP) is -0.240. The molecule has 1 amide bonds. The maximum Gasteiger partial charge on any atom is 0.305 e. The van der Waals surface area contributed by atoms with Crippen molar-refractivity contribution in [1.82, 2.24) is 10.2 Å². The van der Waals surface area contributed by atoms with Crippen molar-refractivity contribution in [3.63, 3.8) is 0 Å². The van der Waals surface area contributed by atoms with Gasteiger partial charge in [-0.15, -0.1) is 0 Å². The molecule has 0 spiro atoms. The van der Waals surface area contributed by atoms with E-state index in [1.54, 1.807) is 11.9 Å². The van der Waals surface area contributed by atoms with Crippen LogP contribution in [-0.2, 0) is 14.3 Å². The number of rotatable bonds is 5. The van der Waals surface area contributed by atoms with Crippen molar-refractivity contribution < 1.29 is 14.3 Å². The summed E-state index contributed by atoms with van der Waals surface area (Å²) in [6.45, 7) is 1.49. The number of nitrogens with zero attached hydrogens (tertiary/aromatic N) is 1. The van der Waals surface area contributed by atoms with Gasteiger partial charge >= 0.3 is 5.97 Å². The highest BCUT2D eigenvalue weighted by Crippen LogP contribution is 2.08. The summed E-state index contributed by atoms with van der Waals surface area (Å²) >= 11 is 0. The fourth-order valence-electron chi connectivity index (χ4n) is 1.62. The molecular weight excluding hydrogens is 196 g/mol. The highest BCUT2D eigenvalue weighted by Gasteiger charge is 2.27. The highest BCUT2D eigenvalue weighted by atomic mass is 16.5. The Hall–Kier alpha value is -1.10. The molecule has 86 valence electrons. The third-order valence-corrected chi connectivity index (χ3v) is 2.60. The summed E-state index contributed by atoms with van der Waals surface area (Å²) in [5.74, 6) is -0.0558. The smallest absolute Gasteiger partial charge is 0.305 e. The van der Waals surface area contributed by atoms with E-state index in [1.807, 2.05) is 0 Å². The Morgan fingerprint density at radius 3 is 2.93 bits per heavy atom. The molecule has 0 aromatic heterocycles. The second kappa shape index (κ2) is 5.70. The Morgan fingerprint density at radius 2 is 2.40 bits per heavy atom. The first-order valence-corrected chi connectivity index (χ1v) is 5.20. The zero-order valence-electron chi connectivity index (χ0n) is 9.28. The molecule has 0 saturated carbocycles. The molecule has 15 heavy (non-hydrogen) atoms. The van der Waals surface area contributed by atoms with Crippen LogP contribution in [0.25, 0.3) is 0 Å². The number of nitrogens with one attached hydrogen (secondary N) is 1. The van der Waals surface area contributed by atoms with Crippen molar-refractivity contribution in [3.8, 4) is 0 Å². The van der Waals surface area contributed by atoms with Gasteiger partial charge in [-0.25, -0.2) is 0 Å². The number of methoxy groups -OCH3 is 1. The van der Waals surface area contributed by atoms with E-state index in [9.17, 15) is 9.59 Å². The second-order valence-corrected chi connectivity index (χ2v) is 3.73. The minimum atomic E-state index is -0.202. The maximum absolute atomic E-state index is 11.5. The van der Waals surface area contributed by atoms with E-state index < -0.39 is 0 Å². The number of likely N-dealkylation sites (tertiary alicyclic amines) is 1. The lowest BCUT2D eigenvalue weighted by molar-refractivity contribution is -0.140. The van der Waals surface area contributed by atoms with Crippen LogP contribution in [0, 0.1) is 0 Å². The highest BCUT2D eigenvalue weighted by molar-refractivity contribution is 5.83. The standard InChI is InChI=1S/C10H18N2O3/c1-12-7-5-8(10(12)14)11-6-3-4-9(13)15-2/h8,11H,3-7H2,1-2H3. The van der Waals surface area contributed by atoms with Crippen molar-refractivity contribution in [2.24, 2.45) is 0 Å². The maximum atomic E-state index is 11.5. The lowest BCUT2D eigenvalue weighted by Crippen LogP contribution is -2.37. The molecule has 1 heterocycles. The largest absolute Gasteiger partial charge is 0.469 e. The zero-order valence-corrected chi connectivity index (χ0v) is 9.28. The van der Waals surface area contributed by atoms with Crippen LogP contribution in [0.3, 0.4) is 0 Å². The lowest BCUT2D eigenvalue weighted by atomic mass is 10.2. The first kappa shape index (κ1) is 12.0. The summed E-state index contributed by atoms with van der Waals surface area (Å²) in [5.41, 5.74) is 0. The lowest BCUT2D eigenvalue weighted by Gasteiger charge is -2.11. The molecule has 0 bridgehead atoms. The fourth-order valence-corrected chi connectivity index (χ4v) is 1.62. The summed E-state index contributed by atoms with van der Waals surface area (Å²) in [4.78, 5) is 24.0. The summed E-state index contributed by atoms with van der Waals surface area (Å²) in [6, 6.07) is -0.0624. The Bertz CT molecular complexity index is 243. The summed E-state index contributed by atoms with van der Waals surface area (Å²) < 4.78 is 4.52. The SMILES string of the molecule is COC(=O)CCCNC1CCN(C)C1=O. The number of carbonyl (C=O) groups is 2. The molecule has 1 fully saturated rings. The Labute approximate surface area is 89.8 Å². The molecule has 0 radical (unpaired) electrons. The molecular formula is C10H18N2O3. The average molecular weight is 214 g/mol. The monoisotopic (exact) mass is 214 g/mol. The Balaban J connectivity index is 2.11. The van der Waals surface area contributed by atoms with Crippen LogP contribution >= 0.6 is 0 Å². The number of hydrogen-bond acceptors (Lipinski definition) is 4. The van der Waals surface area contributed by atoms with Gasteiger partial charge in [-0.3, -0.25) is 9.59 Å². The fraction of sp³-hybridized carbons (Fsp3) is 0.800. The van der Waals surface area contributed by atoms with E-state index in [0.717, 1.165) is 13.0 Å². The van der Waals surface area contributed by atoms with Gasteiger partial charge in [0.05, 0.1) is 13.2 Å². The molecule has 1 saturated heterocycles. The molecule has 0 aromatic rings. The van der Waals surface area contributed by atoms with Crippen LogP contribution in [-0.4, -0.2) is 50.1 Å². The van der Waals surface area contributed by atoms with Gasteiger partial charge in [0.15, 0.2) is 0 Å². The third-order valence-electron chi connectivity index (χ3n) is 2.60. The first-order chi connectivity index (χ1) is 7.15. The van der Waals surface area contributed by atoms with Crippen molar-refractivity contribution >= 4 is 11.9 Å². The molecule has 0 aliphatic carbocycles. The van der Waals surface area contributed by atoms with E-state index in [-0.39, 0.29) is 17.9 Å². The van der Waals surface area contributed by atoms with Crippen LogP contribution in [0.1, 0.15) is 19.3 Å². The molecule has 1 aliphatic heterocycles. The number of esters is 1. The minimum absolute atomic E-state index is 0.0624. The third kappa shape index (κ3) is 3.51. The van der Waals surface area contributed by atoms with Gasteiger partial charge in [0.1, 0.15) is 0 Å². The van der Waals surface area contributed by atoms with E-state index in [4.69, 9.17) is 0 Å². The van der Waals surface area contributed by atoms with E-state index in [0.29, 0.717) is 19.4 Å². The summed E-state index contributed by atoms with van der Waals surface area (Å²) in [5, 5.41) is 3.14. The van der Waals surface area contributed by atoms with Gasteiger partial charge in [0, 0.05) is 20.0 Å². The second-order valence-electron chi connectivity index (χ2n) is 3.73. The molecule has 0 aromatic carbocycles. The van der Waals surface area contributed by atoms with Crippen LogP contribution in [0.4, 0.5) is 0 Å². The molecule has 5 nitrogen and oxygen atoms in total. The van der Waals surface area contributed by atoms with Crippen LogP contribution in [0.15, 0.2) is 0 Å². The van der Waals surface area contributed by atoms with Gasteiger partial charge in [-0.1, -0.05) is 0 Å². The van der Waals surface area contributed by atoms with Gasteiger partial charge in [0.25, 0.3) is 0 Å². The molecule has 5 heteroatoms. The molecule has 1 unspecified atom stereocenters. The normalized spacial score (nSPS) is 20.8. The molecule has 1 N–H and O–H groups in total. The van der Waals surface area contributed by atoms with Gasteiger partial charge in [-0.2, -0.15) is 0 Å². The van der Waals surface area contributed by atoms with Crippen LogP contribution < -0.4 is 5.32 Å². The topological polar surface area (TPSA) is 58.6 Å². The molecule has 1 aliphatic rings. The molecule has 1 rings (SSSR count). The van der Waals surface area contributed by atoms with E-state index in [1.165, 1.54) is 7.11 Å². The minimum Gasteiger partial charge on any atom is -0.469 e. The quantitative estimate of drug-likeness (QED) is 0.507. The average Bonchev–Trinajstić information content (AvgIpc) is 2.55. The Kier molecular flexibility index (Phi) is 4.55. The van der Waals surface area contributed by atoms with Crippen molar-refractivity contribution in [3.05, 3.63) is 0 Å². The zero-order chi connectivity index (χ0) is 11.3. The van der Waals surface area contributed by atoms with Gasteiger partial charge in [0.2, 0.25) is 5.91 Å². The van der Waals surface area contributed by atoms with Crippen LogP contribution in [0.5, 0.6) is 0 Å². The van der Waals surface area contributed by atoms with Gasteiger partial charge < -0.3 is 15.0 Å². The summed E-state index contributed by atoms with van der Waals surface area (Å²) in [6.07, 6.45) is 1.97. The summed E-state index contributed by atoms with van der Waals surface area (Å²) in [7, 11) is 3.18. The van der Waals surface area contributed by atoms with E-state index in [2.05, 4.69) is 10.1 Å². The number of carbonyl (C=O) groups excluding carboxylic acids is 2. The number of amides is 1. The first-order valence-electron chi connectivity index (χ1n) is 5.20. The van der Waals surface area contributed by atoms with Crippen molar-refractivity contribution in [2.45, 2.75) is 25.3 Å². The van der Waals surface area contributed by atoms with Crippen molar-refractivity contribution in [1.29, 1.82) is 0 Å². The Morgan fingerprint density at radius 1 is 1.67 bits per heavy atom.